The third-order valence-electron chi connectivity index (χ3n) is 5.47. The van der Waals surface area contributed by atoms with Crippen molar-refractivity contribution in [3.8, 4) is 17.6 Å². The number of carbonyl (C=O) groups is 1. The van der Waals surface area contributed by atoms with Crippen molar-refractivity contribution < 1.29 is 14.3 Å². The van der Waals surface area contributed by atoms with Gasteiger partial charge >= 0.3 is 0 Å². The van der Waals surface area contributed by atoms with Crippen molar-refractivity contribution in [1.82, 2.24) is 9.80 Å². The first kappa shape index (κ1) is 21.7. The van der Waals surface area contributed by atoms with E-state index in [1.54, 1.807) is 7.11 Å². The number of carbonyl (C=O) groups excluding carboxylic acids is 1. The van der Waals surface area contributed by atoms with Gasteiger partial charge in [0, 0.05) is 32.6 Å². The fourth-order valence-corrected chi connectivity index (χ4v) is 3.66. The molecular weight excluding hydrogens is 378 g/mol. The van der Waals surface area contributed by atoms with E-state index in [2.05, 4.69) is 11.0 Å². The summed E-state index contributed by atoms with van der Waals surface area (Å²) in [5.74, 6) is 1.80. The highest BCUT2D eigenvalue weighted by atomic mass is 16.5. The van der Waals surface area contributed by atoms with Gasteiger partial charge in [-0.15, -0.1) is 0 Å². The molecule has 0 radical (unpaired) electrons. The fourth-order valence-electron chi connectivity index (χ4n) is 3.66. The molecule has 3 rings (SSSR count). The van der Waals surface area contributed by atoms with Crippen LogP contribution in [-0.4, -0.2) is 55.6 Å². The number of rotatable bonds is 8. The van der Waals surface area contributed by atoms with E-state index in [9.17, 15) is 10.1 Å². The fraction of sp³-hybridized carbons (Fsp3) is 0.417. The van der Waals surface area contributed by atoms with Crippen LogP contribution in [0.15, 0.2) is 48.5 Å². The van der Waals surface area contributed by atoms with Crippen LogP contribution in [-0.2, 0) is 4.79 Å². The molecule has 2 aromatic carbocycles. The number of para-hydroxylation sites is 1. The number of nitriles is 1. The summed E-state index contributed by atoms with van der Waals surface area (Å²) in [6.07, 6.45) is 1.17. The van der Waals surface area contributed by atoms with Crippen molar-refractivity contribution >= 4 is 5.91 Å². The number of amides is 1. The summed E-state index contributed by atoms with van der Waals surface area (Å²) in [7, 11) is 1.63. The Labute approximate surface area is 178 Å². The number of hydrogen-bond donors (Lipinski definition) is 0. The van der Waals surface area contributed by atoms with Gasteiger partial charge in [-0.1, -0.05) is 30.3 Å². The third-order valence-corrected chi connectivity index (χ3v) is 5.47. The highest BCUT2D eigenvalue weighted by molar-refractivity contribution is 5.76. The Balaban J connectivity index is 1.43. The molecule has 0 bridgehead atoms. The lowest BCUT2D eigenvalue weighted by molar-refractivity contribution is -0.133. The van der Waals surface area contributed by atoms with Crippen molar-refractivity contribution in [3.63, 3.8) is 0 Å². The maximum absolute atomic E-state index is 12.5. The molecule has 6 nitrogen and oxygen atoms in total. The first-order valence-electron chi connectivity index (χ1n) is 10.4. The van der Waals surface area contributed by atoms with Gasteiger partial charge in [0.2, 0.25) is 5.91 Å². The van der Waals surface area contributed by atoms with E-state index in [0.29, 0.717) is 45.6 Å². The van der Waals surface area contributed by atoms with Gasteiger partial charge in [0.05, 0.1) is 19.8 Å². The van der Waals surface area contributed by atoms with Crippen LogP contribution in [0.25, 0.3) is 0 Å². The Morgan fingerprint density at radius 3 is 2.43 bits per heavy atom. The van der Waals surface area contributed by atoms with Crippen LogP contribution in [0.1, 0.15) is 30.0 Å². The number of piperazine rings is 1. The molecule has 1 fully saturated rings. The molecule has 1 atom stereocenters. The Bertz CT molecular complexity index is 868. The molecule has 158 valence electrons. The average molecular weight is 408 g/mol. The Morgan fingerprint density at radius 1 is 1.10 bits per heavy atom. The summed E-state index contributed by atoms with van der Waals surface area (Å²) >= 11 is 0. The molecule has 2 aromatic rings. The highest BCUT2D eigenvalue weighted by Crippen LogP contribution is 2.24. The van der Waals surface area contributed by atoms with E-state index in [1.807, 2.05) is 60.4 Å². The Hall–Kier alpha value is -3.04. The van der Waals surface area contributed by atoms with Crippen LogP contribution < -0.4 is 9.47 Å². The summed E-state index contributed by atoms with van der Waals surface area (Å²) in [5, 5.41) is 9.67. The van der Waals surface area contributed by atoms with Gasteiger partial charge in [0.1, 0.15) is 17.5 Å². The second kappa shape index (κ2) is 10.7. The second-order valence-corrected chi connectivity index (χ2v) is 7.44. The Kier molecular flexibility index (Phi) is 7.69. The molecule has 0 spiro atoms. The van der Waals surface area contributed by atoms with Gasteiger partial charge in [-0.25, -0.2) is 0 Å². The number of ether oxygens (including phenoxy) is 2. The second-order valence-electron chi connectivity index (χ2n) is 7.44. The molecule has 1 unspecified atom stereocenters. The number of methoxy groups -OCH3 is 1. The van der Waals surface area contributed by atoms with Crippen LogP contribution in [0, 0.1) is 18.3 Å². The summed E-state index contributed by atoms with van der Waals surface area (Å²) in [4.78, 5) is 16.6. The molecule has 0 saturated carbocycles. The SMILES string of the molecule is COc1ccc(C(C#N)N2CCN(C(=O)CCCOc3ccccc3C)CC2)cc1. The van der Waals surface area contributed by atoms with Crippen molar-refractivity contribution in [3.05, 3.63) is 59.7 Å². The summed E-state index contributed by atoms with van der Waals surface area (Å²) in [5.41, 5.74) is 2.05. The standard InChI is InChI=1S/C24H29N3O3/c1-19-6-3-4-7-23(19)30-17-5-8-24(28)27-15-13-26(14-16-27)22(18-25)20-9-11-21(29-2)12-10-20/h3-4,6-7,9-12,22H,5,8,13-17H2,1-2H3. The molecule has 1 aliphatic heterocycles. The van der Waals surface area contributed by atoms with Crippen molar-refractivity contribution in [2.75, 3.05) is 39.9 Å². The van der Waals surface area contributed by atoms with Gasteiger partial charge in [0.25, 0.3) is 0 Å². The van der Waals surface area contributed by atoms with Crippen LogP contribution in [0.4, 0.5) is 0 Å². The molecule has 30 heavy (non-hydrogen) atoms. The van der Waals surface area contributed by atoms with E-state index in [4.69, 9.17) is 9.47 Å². The predicted molar refractivity (Wildman–Crippen MR) is 115 cm³/mol. The molecule has 1 amide bonds. The first-order chi connectivity index (χ1) is 14.6. The lowest BCUT2D eigenvalue weighted by Gasteiger charge is -2.37. The zero-order valence-corrected chi connectivity index (χ0v) is 17.7. The quantitative estimate of drug-likeness (QED) is 0.626. The Morgan fingerprint density at radius 2 is 1.80 bits per heavy atom. The molecule has 1 aliphatic rings. The summed E-state index contributed by atoms with van der Waals surface area (Å²) < 4.78 is 11.0. The van der Waals surface area contributed by atoms with E-state index in [-0.39, 0.29) is 11.9 Å². The normalized spacial score (nSPS) is 15.3. The molecular formula is C24H29N3O3. The highest BCUT2D eigenvalue weighted by Gasteiger charge is 2.26. The molecule has 0 N–H and O–H groups in total. The lowest BCUT2D eigenvalue weighted by Crippen LogP contribution is -2.49. The van der Waals surface area contributed by atoms with Crippen LogP contribution in [0.3, 0.4) is 0 Å². The molecule has 0 aliphatic carbocycles. The predicted octanol–water partition coefficient (Wildman–Crippen LogP) is 3.57. The number of benzene rings is 2. The van der Waals surface area contributed by atoms with Crippen LogP contribution in [0.5, 0.6) is 11.5 Å². The number of aryl methyl sites for hydroxylation is 1. The molecule has 1 heterocycles. The average Bonchev–Trinajstić information content (AvgIpc) is 2.79. The van der Waals surface area contributed by atoms with Gasteiger partial charge in [-0.2, -0.15) is 5.26 Å². The minimum Gasteiger partial charge on any atom is -0.497 e. The van der Waals surface area contributed by atoms with Gasteiger partial charge in [0.15, 0.2) is 0 Å². The maximum Gasteiger partial charge on any atom is 0.222 e. The van der Waals surface area contributed by atoms with Gasteiger partial charge in [-0.05, 0) is 42.7 Å². The third kappa shape index (κ3) is 5.52. The molecule has 1 saturated heterocycles. The van der Waals surface area contributed by atoms with Gasteiger partial charge in [-0.3, -0.25) is 9.69 Å². The monoisotopic (exact) mass is 407 g/mol. The lowest BCUT2D eigenvalue weighted by atomic mass is 10.1. The smallest absolute Gasteiger partial charge is 0.222 e. The minimum atomic E-state index is -0.310. The van der Waals surface area contributed by atoms with Crippen molar-refractivity contribution in [1.29, 1.82) is 5.26 Å². The van der Waals surface area contributed by atoms with E-state index >= 15 is 0 Å². The van der Waals surface area contributed by atoms with Crippen molar-refractivity contribution in [2.24, 2.45) is 0 Å². The van der Waals surface area contributed by atoms with E-state index < -0.39 is 0 Å². The van der Waals surface area contributed by atoms with Crippen LogP contribution in [0.2, 0.25) is 0 Å². The zero-order chi connectivity index (χ0) is 21.3. The summed E-state index contributed by atoms with van der Waals surface area (Å²) in [6, 6.07) is 17.6. The number of nitrogens with zero attached hydrogens (tertiary/aromatic N) is 3. The van der Waals surface area contributed by atoms with Crippen molar-refractivity contribution in [2.45, 2.75) is 25.8 Å². The number of hydrogen-bond acceptors (Lipinski definition) is 5. The largest absolute Gasteiger partial charge is 0.497 e. The maximum atomic E-state index is 12.5. The van der Waals surface area contributed by atoms with Crippen LogP contribution >= 0.6 is 0 Å². The minimum absolute atomic E-state index is 0.154. The topological polar surface area (TPSA) is 65.8 Å². The zero-order valence-electron chi connectivity index (χ0n) is 17.7. The molecule has 0 aromatic heterocycles. The molecule has 6 heteroatoms. The van der Waals surface area contributed by atoms with E-state index in [0.717, 1.165) is 22.6 Å². The van der Waals surface area contributed by atoms with Gasteiger partial charge < -0.3 is 14.4 Å². The van der Waals surface area contributed by atoms with E-state index in [1.165, 1.54) is 0 Å². The first-order valence-corrected chi connectivity index (χ1v) is 10.4. The summed E-state index contributed by atoms with van der Waals surface area (Å²) in [6.45, 7) is 5.22.